The third-order valence-electron chi connectivity index (χ3n) is 4.46. The molecule has 9 nitrogen and oxygen atoms in total. The van der Waals surface area contributed by atoms with Crippen LogP contribution in [0.2, 0.25) is 0 Å². The fraction of sp³-hybridized carbons (Fsp3) is 0.143. The van der Waals surface area contributed by atoms with Gasteiger partial charge in [0.15, 0.2) is 17.2 Å². The van der Waals surface area contributed by atoms with E-state index in [4.69, 9.17) is 12.2 Å². The van der Waals surface area contributed by atoms with Crippen LogP contribution in [-0.4, -0.2) is 48.8 Å². The third kappa shape index (κ3) is 5.37. The molecule has 0 spiro atoms. The van der Waals surface area contributed by atoms with Crippen LogP contribution in [0.3, 0.4) is 0 Å². The van der Waals surface area contributed by atoms with E-state index in [0.717, 1.165) is 35.0 Å². The summed E-state index contributed by atoms with van der Waals surface area (Å²) in [5.74, 6) is -3.83. The summed E-state index contributed by atoms with van der Waals surface area (Å²) in [6, 6.07) is 9.52. The number of aryl methyl sites for hydroxylation is 1. The predicted molar refractivity (Wildman–Crippen MR) is 123 cm³/mol. The fourth-order valence-electron chi connectivity index (χ4n) is 2.72. The van der Waals surface area contributed by atoms with Gasteiger partial charge < -0.3 is 15.3 Å². The van der Waals surface area contributed by atoms with Crippen molar-refractivity contribution in [3.8, 4) is 17.2 Å². The molecule has 11 heteroatoms. The third-order valence-corrected chi connectivity index (χ3v) is 5.84. The number of hydrazine groups is 1. The highest BCUT2D eigenvalue weighted by Crippen LogP contribution is 2.35. The summed E-state index contributed by atoms with van der Waals surface area (Å²) in [6.07, 6.45) is 1.61. The molecule has 0 aliphatic carbocycles. The Kier molecular flexibility index (Phi) is 7.01. The highest BCUT2D eigenvalue weighted by molar-refractivity contribution is 8.26. The normalized spacial score (nSPS) is 14.7. The van der Waals surface area contributed by atoms with E-state index in [1.165, 1.54) is 4.90 Å². The second-order valence-corrected chi connectivity index (χ2v) is 8.54. The highest BCUT2D eigenvalue weighted by atomic mass is 32.2. The van der Waals surface area contributed by atoms with Gasteiger partial charge in [0.1, 0.15) is 4.32 Å². The van der Waals surface area contributed by atoms with Crippen molar-refractivity contribution < 1.29 is 29.7 Å². The molecule has 1 saturated heterocycles. The Balaban J connectivity index is 1.53. The number of phenolic OH excluding ortho intramolecular Hbond substituents is 3. The van der Waals surface area contributed by atoms with Crippen LogP contribution < -0.4 is 10.9 Å². The lowest BCUT2D eigenvalue weighted by Crippen LogP contribution is -2.43. The topological polar surface area (TPSA) is 139 Å². The summed E-state index contributed by atoms with van der Waals surface area (Å²) in [4.78, 5) is 38.5. The smallest absolute Gasteiger partial charge is 0.269 e. The number of nitrogens with one attached hydrogen (secondary N) is 2. The van der Waals surface area contributed by atoms with Gasteiger partial charge in [-0.3, -0.25) is 30.1 Å². The standard InChI is InChI=1S/C21H19N3O6S2/c1-11-2-4-12(5-3-11)8-16-20(30)24(21(31)32-16)7-6-17(27)22-23-19(29)13-9-14(25)18(28)15(26)10-13/h2-5,8-10,25-26,28H,6-7H2,1H3,(H,22,27)(H,23,29)/b16-8+. The van der Waals surface area contributed by atoms with Crippen LogP contribution in [0.15, 0.2) is 41.3 Å². The van der Waals surface area contributed by atoms with Crippen molar-refractivity contribution in [2.24, 2.45) is 0 Å². The van der Waals surface area contributed by atoms with Crippen LogP contribution in [0.5, 0.6) is 17.2 Å². The zero-order valence-corrected chi connectivity index (χ0v) is 18.4. The number of thiocarbonyl (C=S) groups is 1. The van der Waals surface area contributed by atoms with Gasteiger partial charge in [-0.15, -0.1) is 0 Å². The number of carbonyl (C=O) groups is 3. The number of hydrogen-bond acceptors (Lipinski definition) is 8. The van der Waals surface area contributed by atoms with Crippen molar-refractivity contribution in [1.82, 2.24) is 15.8 Å². The Labute approximate surface area is 192 Å². The molecule has 1 heterocycles. The van der Waals surface area contributed by atoms with Crippen LogP contribution in [-0.2, 0) is 9.59 Å². The number of nitrogens with zero attached hydrogens (tertiary/aromatic N) is 1. The summed E-state index contributed by atoms with van der Waals surface area (Å²) in [5, 5.41) is 28.2. The zero-order valence-electron chi connectivity index (χ0n) is 16.8. The summed E-state index contributed by atoms with van der Waals surface area (Å²) in [7, 11) is 0. The van der Waals surface area contributed by atoms with E-state index < -0.39 is 29.1 Å². The summed E-state index contributed by atoms with van der Waals surface area (Å²) in [6.45, 7) is 1.99. The molecule has 5 N–H and O–H groups in total. The van der Waals surface area contributed by atoms with Crippen molar-refractivity contribution in [1.29, 1.82) is 0 Å². The van der Waals surface area contributed by atoms with Gasteiger partial charge in [0, 0.05) is 18.5 Å². The van der Waals surface area contributed by atoms with Gasteiger partial charge in [-0.25, -0.2) is 0 Å². The second-order valence-electron chi connectivity index (χ2n) is 6.86. The number of aromatic hydroxyl groups is 3. The number of rotatable bonds is 5. The molecule has 0 bridgehead atoms. The molecule has 166 valence electrons. The van der Waals surface area contributed by atoms with E-state index in [0.29, 0.717) is 9.23 Å². The molecule has 2 aromatic rings. The molecular formula is C21H19N3O6S2. The van der Waals surface area contributed by atoms with Crippen molar-refractivity contribution in [3.63, 3.8) is 0 Å². The van der Waals surface area contributed by atoms with Crippen LogP contribution in [0, 0.1) is 6.92 Å². The Bertz CT molecular complexity index is 1110. The second kappa shape index (κ2) is 9.71. The predicted octanol–water partition coefficient (Wildman–Crippen LogP) is 2.16. The van der Waals surface area contributed by atoms with Crippen molar-refractivity contribution in [2.45, 2.75) is 13.3 Å². The summed E-state index contributed by atoms with van der Waals surface area (Å²) < 4.78 is 0.334. The quantitative estimate of drug-likeness (QED) is 0.193. The maximum atomic E-state index is 12.6. The SMILES string of the molecule is Cc1ccc(/C=C2/SC(=S)N(CCC(=O)NNC(=O)c3cc(O)c(O)c(O)c3)C2=O)cc1. The summed E-state index contributed by atoms with van der Waals surface area (Å²) >= 11 is 6.40. The van der Waals surface area contributed by atoms with E-state index in [1.807, 2.05) is 31.2 Å². The number of amides is 3. The van der Waals surface area contributed by atoms with E-state index in [1.54, 1.807) is 6.08 Å². The van der Waals surface area contributed by atoms with E-state index in [-0.39, 0.29) is 24.4 Å². The Morgan fingerprint density at radius 2 is 1.72 bits per heavy atom. The lowest BCUT2D eigenvalue weighted by Gasteiger charge is -2.14. The van der Waals surface area contributed by atoms with Gasteiger partial charge in [-0.05, 0) is 30.7 Å². The molecule has 3 rings (SSSR count). The first-order chi connectivity index (χ1) is 15.2. The Morgan fingerprint density at radius 3 is 2.34 bits per heavy atom. The molecule has 0 aromatic heterocycles. The Morgan fingerprint density at radius 1 is 1.09 bits per heavy atom. The van der Waals surface area contributed by atoms with Crippen LogP contribution in [0.1, 0.15) is 27.9 Å². The molecule has 1 aliphatic heterocycles. The molecule has 2 aromatic carbocycles. The van der Waals surface area contributed by atoms with E-state index in [2.05, 4.69) is 10.9 Å². The largest absolute Gasteiger partial charge is 0.504 e. The molecule has 0 unspecified atom stereocenters. The molecular weight excluding hydrogens is 454 g/mol. The Hall–Kier alpha value is -3.57. The fourth-order valence-corrected chi connectivity index (χ4v) is 4.03. The first-order valence-corrected chi connectivity index (χ1v) is 10.5. The molecule has 1 aliphatic rings. The van der Waals surface area contributed by atoms with Gasteiger partial charge in [-0.2, -0.15) is 0 Å². The lowest BCUT2D eigenvalue weighted by atomic mass is 10.1. The zero-order chi connectivity index (χ0) is 23.4. The highest BCUT2D eigenvalue weighted by Gasteiger charge is 2.32. The van der Waals surface area contributed by atoms with Gasteiger partial charge in [0.25, 0.3) is 11.8 Å². The number of thioether (sulfide) groups is 1. The number of phenols is 3. The molecule has 3 amide bonds. The van der Waals surface area contributed by atoms with Crippen LogP contribution >= 0.6 is 24.0 Å². The average Bonchev–Trinajstić information content (AvgIpc) is 3.02. The molecule has 0 saturated carbocycles. The average molecular weight is 474 g/mol. The first-order valence-electron chi connectivity index (χ1n) is 9.32. The van der Waals surface area contributed by atoms with Gasteiger partial charge in [0.2, 0.25) is 5.91 Å². The number of hydrogen-bond donors (Lipinski definition) is 5. The van der Waals surface area contributed by atoms with Crippen molar-refractivity contribution >= 4 is 52.1 Å². The van der Waals surface area contributed by atoms with Gasteiger partial charge >= 0.3 is 0 Å². The van der Waals surface area contributed by atoms with Crippen LogP contribution in [0.25, 0.3) is 6.08 Å². The van der Waals surface area contributed by atoms with Crippen molar-refractivity contribution in [2.75, 3.05) is 6.54 Å². The van der Waals surface area contributed by atoms with Crippen LogP contribution in [0.4, 0.5) is 0 Å². The van der Waals surface area contributed by atoms with E-state index >= 15 is 0 Å². The summed E-state index contributed by atoms with van der Waals surface area (Å²) in [5.41, 5.74) is 6.08. The molecule has 0 atom stereocenters. The molecule has 1 fully saturated rings. The van der Waals surface area contributed by atoms with Crippen molar-refractivity contribution in [3.05, 3.63) is 58.0 Å². The number of benzene rings is 2. The minimum absolute atomic E-state index is 0.0262. The lowest BCUT2D eigenvalue weighted by molar-refractivity contribution is -0.124. The monoisotopic (exact) mass is 473 g/mol. The first kappa shape index (κ1) is 23.1. The maximum Gasteiger partial charge on any atom is 0.269 e. The van der Waals surface area contributed by atoms with Gasteiger partial charge in [-0.1, -0.05) is 53.8 Å². The molecule has 0 radical (unpaired) electrons. The maximum absolute atomic E-state index is 12.6. The van der Waals surface area contributed by atoms with Gasteiger partial charge in [0.05, 0.1) is 4.91 Å². The minimum atomic E-state index is -0.824. The van der Waals surface area contributed by atoms with E-state index in [9.17, 15) is 29.7 Å². The molecule has 32 heavy (non-hydrogen) atoms. The number of carbonyl (C=O) groups excluding carboxylic acids is 3. The minimum Gasteiger partial charge on any atom is -0.504 e.